The molecule has 0 amide bonds. The molecule has 1 atom stereocenters. The molecule has 1 fully saturated rings. The van der Waals surface area contributed by atoms with Crippen LogP contribution >= 0.6 is 11.1 Å². The highest BCUT2D eigenvalue weighted by molar-refractivity contribution is 6.93. The van der Waals surface area contributed by atoms with E-state index < -0.39 is 8.83 Å². The predicted octanol–water partition coefficient (Wildman–Crippen LogP) is 2.70. The smallest absolute Gasteiger partial charge is 0.125 e. The van der Waals surface area contributed by atoms with Gasteiger partial charge in [0.1, 0.15) is 8.83 Å². The summed E-state index contributed by atoms with van der Waals surface area (Å²) in [4.78, 5) is 0. The summed E-state index contributed by atoms with van der Waals surface area (Å²) in [6.45, 7) is 0. The number of hydrogen-bond donors (Lipinski definition) is 0. The first kappa shape index (κ1) is 7.17. The highest BCUT2D eigenvalue weighted by Gasteiger charge is 2.11. The van der Waals surface area contributed by atoms with Gasteiger partial charge in [-0.05, 0) is 11.9 Å². The van der Waals surface area contributed by atoms with E-state index >= 15 is 0 Å². The number of halogens is 1. The first-order valence-electron chi connectivity index (χ1n) is 4.89. The third-order valence-corrected chi connectivity index (χ3v) is 3.54. The minimum atomic E-state index is -0.568. The molecule has 0 saturated heterocycles. The highest BCUT2D eigenvalue weighted by atomic mass is 35.6. The van der Waals surface area contributed by atoms with Crippen molar-refractivity contribution in [2.75, 3.05) is 0 Å². The fourth-order valence-electron chi connectivity index (χ4n) is 1.72. The van der Waals surface area contributed by atoms with Gasteiger partial charge in [-0.25, -0.2) is 0 Å². The van der Waals surface area contributed by atoms with Crippen LogP contribution in [0.15, 0.2) is 0 Å². The summed E-state index contributed by atoms with van der Waals surface area (Å²) in [5.74, 6) is 0.845. The third kappa shape index (κ3) is 3.06. The van der Waals surface area contributed by atoms with Gasteiger partial charge in [-0.15, -0.1) is 0 Å². The quantitative estimate of drug-likeness (QED) is 0.460. The molecular formula is C8H17ClSi. The van der Waals surface area contributed by atoms with Crippen molar-refractivity contribution in [3.05, 3.63) is 0 Å². The van der Waals surface area contributed by atoms with Gasteiger partial charge in [0.15, 0.2) is 0 Å². The zero-order chi connectivity index (χ0) is 8.10. The molecule has 1 unspecified atom stereocenters. The molecule has 60 valence electrons. The molecule has 0 aromatic heterocycles. The van der Waals surface area contributed by atoms with E-state index in [1.54, 1.807) is 0 Å². The summed E-state index contributed by atoms with van der Waals surface area (Å²) < 4.78 is 7.59. The summed E-state index contributed by atoms with van der Waals surface area (Å²) in [6.07, 6.45) is 8.01. The predicted molar refractivity (Wildman–Crippen MR) is 50.4 cm³/mol. The second kappa shape index (κ2) is 5.20. The molecule has 1 rings (SSSR count). The van der Waals surface area contributed by atoms with E-state index in [1.807, 2.05) is 0 Å². The molecule has 0 aromatic carbocycles. The Morgan fingerprint density at radius 3 is 2.70 bits per heavy atom. The third-order valence-electron chi connectivity index (χ3n) is 2.33. The molecule has 0 nitrogen and oxygen atoms in total. The molecule has 1 aliphatic rings. The summed E-state index contributed by atoms with van der Waals surface area (Å²) in [6, 6.07) is 0.125. The van der Waals surface area contributed by atoms with Crippen LogP contribution in [0.2, 0.25) is 6.02 Å². The molecule has 0 heterocycles. The van der Waals surface area contributed by atoms with Crippen molar-refractivity contribution in [2.45, 2.75) is 44.5 Å². The van der Waals surface area contributed by atoms with Crippen molar-refractivity contribution in [1.29, 1.82) is 0 Å². The topological polar surface area (TPSA) is 0 Å². The Morgan fingerprint density at radius 2 is 2.10 bits per heavy atom. The fraction of sp³-hybridized carbons (Fsp3) is 1.00. The Morgan fingerprint density at radius 1 is 1.40 bits per heavy atom. The average molecular weight is 178 g/mol. The van der Waals surface area contributed by atoms with Crippen LogP contribution in [0, 0.1) is 5.92 Å². The van der Waals surface area contributed by atoms with Gasteiger partial charge in [0, 0.05) is 1.37 Å². The zero-order valence-corrected chi connectivity index (χ0v) is 8.65. The Kier molecular flexibility index (Phi) is 3.73. The van der Waals surface area contributed by atoms with Crippen LogP contribution in [0.4, 0.5) is 0 Å². The molecule has 0 radical (unpaired) electrons. The van der Waals surface area contributed by atoms with Crippen LogP contribution in [-0.4, -0.2) is 8.83 Å². The SMILES string of the molecule is [2H]C(CC1CCCCC1)[SiH2]Cl. The van der Waals surface area contributed by atoms with E-state index in [0.29, 0.717) is 0 Å². The second-order valence-corrected chi connectivity index (χ2v) is 4.99. The van der Waals surface area contributed by atoms with E-state index in [4.69, 9.17) is 12.4 Å². The fourth-order valence-corrected chi connectivity index (χ4v) is 2.70. The standard InChI is InChI=1S/C8H17ClSi/c9-10-7-6-8-4-2-1-3-5-8/h8H,1-7,10H2/i7D. The lowest BCUT2D eigenvalue weighted by Gasteiger charge is -2.20. The van der Waals surface area contributed by atoms with Crippen molar-refractivity contribution < 1.29 is 1.37 Å². The van der Waals surface area contributed by atoms with Gasteiger partial charge in [-0.2, -0.15) is 11.1 Å². The molecule has 0 bridgehead atoms. The first-order chi connectivity index (χ1) is 5.33. The lowest BCUT2D eigenvalue weighted by atomic mass is 9.88. The van der Waals surface area contributed by atoms with E-state index in [2.05, 4.69) is 0 Å². The summed E-state index contributed by atoms with van der Waals surface area (Å²) >= 11 is 5.72. The molecule has 2 heteroatoms. The van der Waals surface area contributed by atoms with Gasteiger partial charge >= 0.3 is 0 Å². The van der Waals surface area contributed by atoms with Crippen molar-refractivity contribution in [3.63, 3.8) is 0 Å². The summed E-state index contributed by atoms with van der Waals surface area (Å²) in [5, 5.41) is 0. The maximum Gasteiger partial charge on any atom is 0.125 e. The maximum atomic E-state index is 7.59. The van der Waals surface area contributed by atoms with Crippen LogP contribution < -0.4 is 0 Å². The van der Waals surface area contributed by atoms with E-state index in [-0.39, 0.29) is 6.02 Å². The summed E-state index contributed by atoms with van der Waals surface area (Å²) in [7, 11) is -0.568. The van der Waals surface area contributed by atoms with Crippen LogP contribution in [0.3, 0.4) is 0 Å². The van der Waals surface area contributed by atoms with E-state index in [0.717, 1.165) is 12.3 Å². The monoisotopic (exact) mass is 177 g/mol. The van der Waals surface area contributed by atoms with E-state index in [1.165, 1.54) is 32.1 Å². The average Bonchev–Trinajstić information content (AvgIpc) is 2.06. The lowest BCUT2D eigenvalue weighted by Crippen LogP contribution is -2.05. The van der Waals surface area contributed by atoms with Gasteiger partial charge < -0.3 is 0 Å². The molecular weight excluding hydrogens is 160 g/mol. The van der Waals surface area contributed by atoms with Crippen LogP contribution in [-0.2, 0) is 0 Å². The molecule has 0 aromatic rings. The van der Waals surface area contributed by atoms with Crippen molar-refractivity contribution in [1.82, 2.24) is 0 Å². The minimum absolute atomic E-state index is 0.125. The molecule has 0 aliphatic heterocycles. The van der Waals surface area contributed by atoms with Crippen LogP contribution in [0.5, 0.6) is 0 Å². The molecule has 1 saturated carbocycles. The van der Waals surface area contributed by atoms with Gasteiger partial charge in [0.2, 0.25) is 0 Å². The molecule has 0 N–H and O–H groups in total. The maximum absolute atomic E-state index is 7.59. The molecule has 0 spiro atoms. The van der Waals surface area contributed by atoms with Gasteiger partial charge in [-0.3, -0.25) is 0 Å². The zero-order valence-electron chi connectivity index (χ0n) is 7.48. The minimum Gasteiger partial charge on any atom is -0.176 e. The summed E-state index contributed by atoms with van der Waals surface area (Å²) in [5.41, 5.74) is 0. The van der Waals surface area contributed by atoms with Gasteiger partial charge in [0.25, 0.3) is 0 Å². The first-order valence-corrected chi connectivity index (χ1v) is 7.26. The Bertz CT molecular complexity index is 104. The van der Waals surface area contributed by atoms with Crippen LogP contribution in [0.1, 0.15) is 39.9 Å². The van der Waals surface area contributed by atoms with E-state index in [9.17, 15) is 0 Å². The number of hydrogen-bond acceptors (Lipinski definition) is 0. The van der Waals surface area contributed by atoms with Crippen molar-refractivity contribution in [2.24, 2.45) is 5.92 Å². The largest absolute Gasteiger partial charge is 0.176 e. The van der Waals surface area contributed by atoms with Crippen molar-refractivity contribution >= 4 is 19.9 Å². The second-order valence-electron chi connectivity index (χ2n) is 3.18. The number of rotatable bonds is 3. The van der Waals surface area contributed by atoms with Gasteiger partial charge in [-0.1, -0.05) is 38.5 Å². The molecule has 10 heavy (non-hydrogen) atoms. The molecule has 1 aliphatic carbocycles. The normalized spacial score (nSPS) is 27.1. The van der Waals surface area contributed by atoms with Crippen LogP contribution in [0.25, 0.3) is 0 Å². The Labute approximate surface area is 72.3 Å². The van der Waals surface area contributed by atoms with Gasteiger partial charge in [0.05, 0.1) is 0 Å². The Hall–Kier alpha value is 0.507. The Balaban J connectivity index is 2.13. The lowest BCUT2D eigenvalue weighted by molar-refractivity contribution is 0.349. The van der Waals surface area contributed by atoms with Crippen molar-refractivity contribution in [3.8, 4) is 0 Å². The highest BCUT2D eigenvalue weighted by Crippen LogP contribution is 2.27.